The largest absolute Gasteiger partial charge is 0.497 e. The number of rotatable bonds is 13. The smallest absolute Gasteiger partial charge is 0.244 e. The number of amides is 2. The van der Waals surface area contributed by atoms with Crippen LogP contribution in [0.4, 0.5) is 5.69 Å². The van der Waals surface area contributed by atoms with E-state index in [0.29, 0.717) is 18.0 Å². The van der Waals surface area contributed by atoms with Gasteiger partial charge in [0.2, 0.25) is 21.8 Å². The number of hydrogen-bond acceptors (Lipinski definition) is 5. The van der Waals surface area contributed by atoms with Crippen molar-refractivity contribution in [2.24, 2.45) is 0 Å². The van der Waals surface area contributed by atoms with E-state index in [2.05, 4.69) is 21.2 Å². The maximum absolute atomic E-state index is 14.0. The molecule has 2 amide bonds. The normalized spacial score (nSPS) is 11.9. The van der Waals surface area contributed by atoms with Crippen LogP contribution < -0.4 is 14.4 Å². The van der Waals surface area contributed by atoms with Crippen molar-refractivity contribution < 1.29 is 22.7 Å². The molecule has 1 unspecified atom stereocenters. The van der Waals surface area contributed by atoms with Crippen molar-refractivity contribution in [1.82, 2.24) is 10.2 Å². The Balaban J connectivity index is 2.02. The highest BCUT2D eigenvalue weighted by Crippen LogP contribution is 2.23. The first-order valence-electron chi connectivity index (χ1n) is 12.6. The maximum Gasteiger partial charge on any atom is 0.244 e. The van der Waals surface area contributed by atoms with Crippen molar-refractivity contribution in [3.8, 4) is 5.75 Å². The van der Waals surface area contributed by atoms with Gasteiger partial charge in [-0.1, -0.05) is 65.3 Å². The number of carbonyl (C=O) groups excluding carboxylic acids is 2. The summed E-state index contributed by atoms with van der Waals surface area (Å²) in [5.41, 5.74) is 2.02. The van der Waals surface area contributed by atoms with Gasteiger partial charge in [0.1, 0.15) is 18.3 Å². The van der Waals surface area contributed by atoms with Crippen molar-refractivity contribution in [3.05, 3.63) is 94.5 Å². The molecule has 0 bridgehead atoms. The molecule has 0 saturated carbocycles. The zero-order valence-electron chi connectivity index (χ0n) is 22.3. The Hall–Kier alpha value is -3.37. The van der Waals surface area contributed by atoms with Gasteiger partial charge in [0.15, 0.2) is 0 Å². The second-order valence-electron chi connectivity index (χ2n) is 9.11. The van der Waals surface area contributed by atoms with Crippen molar-refractivity contribution in [3.63, 3.8) is 0 Å². The molecule has 0 saturated heterocycles. The number of ether oxygens (including phenoxy) is 1. The fourth-order valence-corrected chi connectivity index (χ4v) is 5.18. The zero-order valence-corrected chi connectivity index (χ0v) is 24.7. The minimum Gasteiger partial charge on any atom is -0.497 e. The first-order valence-corrected chi connectivity index (χ1v) is 15.2. The minimum absolute atomic E-state index is 0.128. The summed E-state index contributed by atoms with van der Waals surface area (Å²) in [5, 5.41) is 2.92. The van der Waals surface area contributed by atoms with E-state index in [4.69, 9.17) is 4.74 Å². The van der Waals surface area contributed by atoms with E-state index in [-0.39, 0.29) is 18.9 Å². The molecular weight excluding hydrogens is 582 g/mol. The topological polar surface area (TPSA) is 96.0 Å². The van der Waals surface area contributed by atoms with Crippen LogP contribution in [0.5, 0.6) is 5.75 Å². The summed E-state index contributed by atoms with van der Waals surface area (Å²) in [4.78, 5) is 28.9. The summed E-state index contributed by atoms with van der Waals surface area (Å²) in [7, 11) is -2.31. The molecule has 10 heteroatoms. The molecule has 0 aromatic heterocycles. The van der Waals surface area contributed by atoms with Gasteiger partial charge in [0.25, 0.3) is 0 Å². The van der Waals surface area contributed by atoms with E-state index in [9.17, 15) is 18.0 Å². The number of nitrogens with one attached hydrogen (secondary N) is 1. The van der Waals surface area contributed by atoms with E-state index in [0.717, 1.165) is 32.6 Å². The van der Waals surface area contributed by atoms with Gasteiger partial charge in [-0.3, -0.25) is 13.9 Å². The lowest BCUT2D eigenvalue weighted by atomic mass is 10.0. The van der Waals surface area contributed by atoms with Crippen molar-refractivity contribution in [2.75, 3.05) is 30.8 Å². The number of methoxy groups -OCH3 is 1. The lowest BCUT2D eigenvalue weighted by Gasteiger charge is -2.33. The van der Waals surface area contributed by atoms with Crippen LogP contribution in [0.1, 0.15) is 24.5 Å². The molecule has 39 heavy (non-hydrogen) atoms. The predicted molar refractivity (Wildman–Crippen MR) is 157 cm³/mol. The molecule has 1 atom stereocenters. The molecule has 0 fully saturated rings. The molecule has 0 aliphatic rings. The Morgan fingerprint density at radius 2 is 1.59 bits per heavy atom. The number of anilines is 1. The third-order valence-corrected chi connectivity index (χ3v) is 7.80. The van der Waals surface area contributed by atoms with Crippen LogP contribution in [0.2, 0.25) is 0 Å². The Kier molecular flexibility index (Phi) is 10.9. The van der Waals surface area contributed by atoms with Crippen LogP contribution >= 0.6 is 15.9 Å². The second kappa shape index (κ2) is 14.1. The van der Waals surface area contributed by atoms with E-state index >= 15 is 0 Å². The van der Waals surface area contributed by atoms with Gasteiger partial charge < -0.3 is 15.0 Å². The third-order valence-electron chi connectivity index (χ3n) is 6.13. The van der Waals surface area contributed by atoms with Crippen molar-refractivity contribution in [2.45, 2.75) is 32.4 Å². The number of hydrogen-bond donors (Lipinski definition) is 1. The maximum atomic E-state index is 14.0. The van der Waals surface area contributed by atoms with Crippen LogP contribution in [0.25, 0.3) is 0 Å². The number of benzene rings is 3. The van der Waals surface area contributed by atoms with Crippen LogP contribution in [0.3, 0.4) is 0 Å². The first kappa shape index (κ1) is 30.2. The Labute approximate surface area is 239 Å². The summed E-state index contributed by atoms with van der Waals surface area (Å²) < 4.78 is 32.7. The van der Waals surface area contributed by atoms with Crippen LogP contribution in [-0.2, 0) is 32.6 Å². The Morgan fingerprint density at radius 3 is 2.15 bits per heavy atom. The molecule has 8 nitrogen and oxygen atoms in total. The van der Waals surface area contributed by atoms with Gasteiger partial charge in [-0.2, -0.15) is 0 Å². The molecule has 0 heterocycles. The van der Waals surface area contributed by atoms with E-state index in [1.165, 1.54) is 12.0 Å². The average Bonchev–Trinajstić information content (AvgIpc) is 2.93. The van der Waals surface area contributed by atoms with Gasteiger partial charge in [0, 0.05) is 24.0 Å². The van der Waals surface area contributed by atoms with Gasteiger partial charge in [0.05, 0.1) is 19.1 Å². The SMILES string of the molecule is CCCNC(=O)C(Cc1ccccc1)N(Cc1ccc(Br)cc1)C(=O)CN(c1ccc(OC)cc1)S(C)(=O)=O. The summed E-state index contributed by atoms with van der Waals surface area (Å²) in [6.07, 6.45) is 2.07. The van der Waals surface area contributed by atoms with Gasteiger partial charge >= 0.3 is 0 Å². The van der Waals surface area contributed by atoms with Gasteiger partial charge in [-0.05, 0) is 53.9 Å². The first-order chi connectivity index (χ1) is 18.6. The van der Waals surface area contributed by atoms with Crippen LogP contribution in [-0.4, -0.2) is 57.6 Å². The lowest BCUT2D eigenvalue weighted by Crippen LogP contribution is -2.53. The Morgan fingerprint density at radius 1 is 0.949 bits per heavy atom. The molecular formula is C29H34BrN3O5S. The zero-order chi connectivity index (χ0) is 28.4. The highest BCUT2D eigenvalue weighted by molar-refractivity contribution is 9.10. The van der Waals surface area contributed by atoms with Crippen LogP contribution in [0, 0.1) is 0 Å². The number of sulfonamides is 1. The molecule has 0 aliphatic carbocycles. The molecule has 0 spiro atoms. The molecule has 208 valence electrons. The lowest BCUT2D eigenvalue weighted by molar-refractivity contribution is -0.140. The molecule has 3 aromatic carbocycles. The standard InChI is InChI=1S/C29H34BrN3O5S/c1-4-18-31-29(35)27(19-22-8-6-5-7-9-22)32(20-23-10-12-24(30)13-11-23)28(34)21-33(39(3,36)37)25-14-16-26(38-2)17-15-25/h5-17,27H,4,18-21H2,1-3H3,(H,31,35). The van der Waals surface area contributed by atoms with Crippen molar-refractivity contribution >= 4 is 43.5 Å². The highest BCUT2D eigenvalue weighted by Gasteiger charge is 2.32. The second-order valence-corrected chi connectivity index (χ2v) is 11.9. The van der Waals surface area contributed by atoms with E-state index < -0.39 is 28.5 Å². The quantitative estimate of drug-likeness (QED) is 0.308. The fourth-order valence-electron chi connectivity index (χ4n) is 4.07. The minimum atomic E-state index is -3.83. The summed E-state index contributed by atoms with van der Waals surface area (Å²) in [6.45, 7) is 2.08. The summed E-state index contributed by atoms with van der Waals surface area (Å²) in [5.74, 6) is -0.223. The molecule has 3 rings (SSSR count). The number of carbonyl (C=O) groups is 2. The molecule has 0 radical (unpaired) electrons. The highest BCUT2D eigenvalue weighted by atomic mass is 79.9. The van der Waals surface area contributed by atoms with Crippen LogP contribution in [0.15, 0.2) is 83.3 Å². The summed E-state index contributed by atoms with van der Waals surface area (Å²) in [6, 6.07) is 22.5. The third kappa shape index (κ3) is 8.83. The van der Waals surface area contributed by atoms with Crippen molar-refractivity contribution in [1.29, 1.82) is 0 Å². The Bertz CT molecular complexity index is 1330. The molecule has 3 aromatic rings. The molecule has 1 N–H and O–H groups in total. The number of halogens is 1. The summed E-state index contributed by atoms with van der Waals surface area (Å²) >= 11 is 3.43. The van der Waals surface area contributed by atoms with E-state index in [1.54, 1.807) is 24.3 Å². The van der Waals surface area contributed by atoms with Gasteiger partial charge in [-0.15, -0.1) is 0 Å². The fraction of sp³-hybridized carbons (Fsp3) is 0.310. The monoisotopic (exact) mass is 615 g/mol. The van der Waals surface area contributed by atoms with E-state index in [1.807, 2.05) is 61.5 Å². The number of nitrogens with zero attached hydrogens (tertiary/aromatic N) is 2. The molecule has 0 aliphatic heterocycles. The predicted octanol–water partition coefficient (Wildman–Crippen LogP) is 4.39. The average molecular weight is 617 g/mol. The van der Waals surface area contributed by atoms with Gasteiger partial charge in [-0.25, -0.2) is 8.42 Å².